The Morgan fingerprint density at radius 2 is 1.59 bits per heavy atom. The van der Waals surface area contributed by atoms with E-state index >= 15 is 0 Å². The Morgan fingerprint density at radius 1 is 0.951 bits per heavy atom. The molecular formula is C26H33ClF6N4O4. The van der Waals surface area contributed by atoms with Crippen LogP contribution in [0.4, 0.5) is 36.8 Å². The van der Waals surface area contributed by atoms with E-state index in [-0.39, 0.29) is 38.8 Å². The van der Waals surface area contributed by atoms with Gasteiger partial charge >= 0.3 is 24.4 Å². The minimum Gasteiger partial charge on any atom is -0.480 e. The van der Waals surface area contributed by atoms with Crippen molar-refractivity contribution in [3.8, 4) is 0 Å². The Balaban J connectivity index is 1.33. The number of carboxylic acids is 1. The van der Waals surface area contributed by atoms with E-state index in [4.69, 9.17) is 11.6 Å². The first kappa shape index (κ1) is 31.5. The first-order valence-corrected chi connectivity index (χ1v) is 13.9. The summed E-state index contributed by atoms with van der Waals surface area (Å²) in [6.07, 6.45) is -13.5. The Morgan fingerprint density at radius 3 is 2.17 bits per heavy atom. The maximum atomic E-state index is 12.8. The SMILES string of the molecule is O=C(O)CN1CCCC1C1CCN(c2cc(Cl)ccc2CN2CCN(C(=O)OC(C(F)(F)F)C(F)(F)F)CC2)CC1. The van der Waals surface area contributed by atoms with Crippen LogP contribution in [0.2, 0.25) is 5.02 Å². The first-order chi connectivity index (χ1) is 19.2. The average Bonchev–Trinajstić information content (AvgIpc) is 3.34. The van der Waals surface area contributed by atoms with Crippen molar-refractivity contribution < 1.29 is 45.8 Å². The molecule has 0 aliphatic carbocycles. The Bertz CT molecular complexity index is 1060. The van der Waals surface area contributed by atoms with Crippen LogP contribution in [0.15, 0.2) is 18.2 Å². The Labute approximate surface area is 238 Å². The lowest BCUT2D eigenvalue weighted by atomic mass is 9.87. The molecule has 3 fully saturated rings. The molecule has 1 aromatic carbocycles. The van der Waals surface area contributed by atoms with Crippen molar-refractivity contribution in [3.05, 3.63) is 28.8 Å². The van der Waals surface area contributed by atoms with E-state index in [9.17, 15) is 41.0 Å². The van der Waals surface area contributed by atoms with Crippen LogP contribution in [0.3, 0.4) is 0 Å². The number of piperazine rings is 1. The molecular weight excluding hydrogens is 582 g/mol. The van der Waals surface area contributed by atoms with Gasteiger partial charge in [-0.1, -0.05) is 17.7 Å². The number of aliphatic carboxylic acids is 1. The topological polar surface area (TPSA) is 76.6 Å². The highest BCUT2D eigenvalue weighted by Crippen LogP contribution is 2.37. The van der Waals surface area contributed by atoms with Crippen LogP contribution in [-0.4, -0.2) is 109 Å². The number of carboxylic acid groups (broad SMARTS) is 1. The van der Waals surface area contributed by atoms with Crippen LogP contribution in [0.5, 0.6) is 0 Å². The zero-order valence-electron chi connectivity index (χ0n) is 22.3. The van der Waals surface area contributed by atoms with E-state index in [1.54, 1.807) is 6.07 Å². The number of benzene rings is 1. The number of alkyl halides is 6. The smallest absolute Gasteiger partial charge is 0.434 e. The van der Waals surface area contributed by atoms with Crippen LogP contribution in [0.25, 0.3) is 0 Å². The van der Waals surface area contributed by atoms with E-state index < -0.39 is 30.5 Å². The molecule has 0 radical (unpaired) electrons. The number of hydrogen-bond acceptors (Lipinski definition) is 6. The van der Waals surface area contributed by atoms with Gasteiger partial charge in [0.05, 0.1) is 6.54 Å². The molecule has 1 unspecified atom stereocenters. The molecule has 1 atom stereocenters. The van der Waals surface area contributed by atoms with Gasteiger partial charge in [0, 0.05) is 62.6 Å². The number of likely N-dealkylation sites (tertiary alicyclic amines) is 1. The number of hydrogen-bond donors (Lipinski definition) is 1. The number of nitrogens with zero attached hydrogens (tertiary/aromatic N) is 4. The third-order valence-electron chi connectivity index (χ3n) is 8.06. The van der Waals surface area contributed by atoms with Gasteiger partial charge in [0.1, 0.15) is 0 Å². The molecule has 15 heteroatoms. The molecule has 3 aliphatic heterocycles. The lowest BCUT2D eigenvalue weighted by Crippen LogP contribution is -2.52. The third-order valence-corrected chi connectivity index (χ3v) is 8.30. The third kappa shape index (κ3) is 8.10. The van der Waals surface area contributed by atoms with Gasteiger partial charge in [0.2, 0.25) is 0 Å². The molecule has 3 saturated heterocycles. The summed E-state index contributed by atoms with van der Waals surface area (Å²) in [7, 11) is 0. The molecule has 0 aromatic heterocycles. The van der Waals surface area contributed by atoms with Crippen molar-refractivity contribution in [2.24, 2.45) is 5.92 Å². The van der Waals surface area contributed by atoms with Crippen LogP contribution >= 0.6 is 11.6 Å². The van der Waals surface area contributed by atoms with Gasteiger partial charge in [-0.15, -0.1) is 0 Å². The molecule has 1 amide bonds. The summed E-state index contributed by atoms with van der Waals surface area (Å²) in [6.45, 7) is 3.17. The summed E-state index contributed by atoms with van der Waals surface area (Å²) in [6, 6.07) is 5.80. The molecule has 41 heavy (non-hydrogen) atoms. The van der Waals surface area contributed by atoms with Crippen LogP contribution in [0.1, 0.15) is 31.2 Å². The van der Waals surface area contributed by atoms with Crippen molar-refractivity contribution in [2.75, 3.05) is 57.3 Å². The van der Waals surface area contributed by atoms with Crippen LogP contribution < -0.4 is 4.90 Å². The number of halogens is 7. The van der Waals surface area contributed by atoms with Crippen LogP contribution in [-0.2, 0) is 16.1 Å². The zero-order valence-corrected chi connectivity index (χ0v) is 23.0. The number of rotatable bonds is 7. The molecule has 3 heterocycles. The highest BCUT2D eigenvalue weighted by atomic mass is 35.5. The zero-order chi connectivity index (χ0) is 29.9. The predicted octanol–water partition coefficient (Wildman–Crippen LogP) is 4.85. The average molecular weight is 615 g/mol. The minimum absolute atomic E-state index is 0.0551. The minimum atomic E-state index is -5.76. The highest BCUT2D eigenvalue weighted by Gasteiger charge is 2.60. The van der Waals surface area contributed by atoms with Gasteiger partial charge in [0.25, 0.3) is 6.10 Å². The fourth-order valence-electron chi connectivity index (χ4n) is 6.07. The summed E-state index contributed by atoms with van der Waals surface area (Å²) in [5.74, 6) is -0.416. The molecule has 8 nitrogen and oxygen atoms in total. The lowest BCUT2D eigenvalue weighted by molar-refractivity contribution is -0.308. The van der Waals surface area contributed by atoms with Crippen molar-refractivity contribution in [1.29, 1.82) is 0 Å². The van der Waals surface area contributed by atoms with Gasteiger partial charge in [-0.3, -0.25) is 14.6 Å². The predicted molar refractivity (Wildman–Crippen MR) is 138 cm³/mol. The number of ether oxygens (including phenoxy) is 1. The number of carbonyl (C=O) groups excluding carboxylic acids is 1. The fourth-order valence-corrected chi connectivity index (χ4v) is 6.24. The maximum absolute atomic E-state index is 12.8. The number of carbonyl (C=O) groups is 2. The van der Waals surface area contributed by atoms with Crippen molar-refractivity contribution in [3.63, 3.8) is 0 Å². The highest BCUT2D eigenvalue weighted by molar-refractivity contribution is 6.30. The van der Waals surface area contributed by atoms with E-state index in [0.29, 0.717) is 17.5 Å². The van der Waals surface area contributed by atoms with E-state index in [1.165, 1.54) is 0 Å². The second-order valence-corrected chi connectivity index (χ2v) is 11.2. The standard InChI is InChI=1S/C26H33ClF6N4O4/c27-19-4-3-18(15-34-10-12-36(13-11-34)24(40)41-23(25(28,29)30)26(31,32)33)21(14-19)35-8-5-17(6-9-35)20-2-1-7-37(20)16-22(38)39/h3-4,14,17,20,23H,1-2,5-13,15-16H2,(H,38,39). The molecule has 1 N–H and O–H groups in total. The molecule has 3 aliphatic rings. The number of anilines is 1. The second-order valence-electron chi connectivity index (χ2n) is 10.8. The second kappa shape index (κ2) is 12.8. The number of amides is 1. The largest absolute Gasteiger partial charge is 0.480 e. The quantitative estimate of drug-likeness (QED) is 0.440. The first-order valence-electron chi connectivity index (χ1n) is 13.5. The molecule has 0 bridgehead atoms. The Hall–Kier alpha value is -2.45. The molecule has 0 saturated carbocycles. The van der Waals surface area contributed by atoms with Gasteiger partial charge in [-0.2, -0.15) is 26.3 Å². The number of piperidine rings is 1. The van der Waals surface area contributed by atoms with Crippen molar-refractivity contribution in [1.82, 2.24) is 14.7 Å². The summed E-state index contributed by atoms with van der Waals surface area (Å²) in [5, 5.41) is 9.79. The Kier molecular flexibility index (Phi) is 9.85. The van der Waals surface area contributed by atoms with E-state index in [0.717, 1.165) is 61.5 Å². The lowest BCUT2D eigenvalue weighted by Gasteiger charge is -2.40. The summed E-state index contributed by atoms with van der Waals surface area (Å²) >= 11 is 6.32. The molecule has 230 valence electrons. The van der Waals surface area contributed by atoms with Gasteiger partial charge in [-0.05, 0) is 55.8 Å². The monoisotopic (exact) mass is 614 g/mol. The summed E-state index contributed by atoms with van der Waals surface area (Å²) in [5.41, 5.74) is 1.91. The van der Waals surface area contributed by atoms with Gasteiger partial charge in [-0.25, -0.2) is 4.79 Å². The van der Waals surface area contributed by atoms with Gasteiger partial charge in [0.15, 0.2) is 0 Å². The molecule has 0 spiro atoms. The van der Waals surface area contributed by atoms with Crippen molar-refractivity contribution in [2.45, 2.75) is 56.7 Å². The molecule has 4 rings (SSSR count). The van der Waals surface area contributed by atoms with Crippen LogP contribution in [0, 0.1) is 5.92 Å². The maximum Gasteiger partial charge on any atom is 0.434 e. The summed E-state index contributed by atoms with van der Waals surface area (Å²) in [4.78, 5) is 30.5. The fraction of sp³-hybridized carbons (Fsp3) is 0.692. The van der Waals surface area contributed by atoms with E-state index in [2.05, 4.69) is 14.5 Å². The molecule has 1 aromatic rings. The van der Waals surface area contributed by atoms with Gasteiger partial charge < -0.3 is 19.6 Å². The van der Waals surface area contributed by atoms with E-state index in [1.807, 2.05) is 17.0 Å². The summed E-state index contributed by atoms with van der Waals surface area (Å²) < 4.78 is 80.4. The normalized spacial score (nSPS) is 22.0. The van der Waals surface area contributed by atoms with Crippen molar-refractivity contribution >= 4 is 29.4 Å².